The van der Waals surface area contributed by atoms with Crippen molar-refractivity contribution in [3.63, 3.8) is 0 Å². The average molecular weight is 365 g/mol. The minimum Gasteiger partial charge on any atom is -0.348 e. The van der Waals surface area contributed by atoms with Crippen molar-refractivity contribution in [1.29, 1.82) is 0 Å². The maximum Gasteiger partial charge on any atom is 0.279 e. The number of nitrogens with one attached hydrogen (secondary N) is 1. The van der Waals surface area contributed by atoms with Crippen LogP contribution in [-0.4, -0.2) is 31.3 Å². The summed E-state index contributed by atoms with van der Waals surface area (Å²) in [7, 11) is 1.64. The summed E-state index contributed by atoms with van der Waals surface area (Å²) in [5.41, 5.74) is 2.46. The molecule has 0 saturated heterocycles. The highest BCUT2D eigenvalue weighted by molar-refractivity contribution is 6.03. The quantitative estimate of drug-likeness (QED) is 0.773. The highest BCUT2D eigenvalue weighted by atomic mass is 16.2. The second-order valence-electron chi connectivity index (χ2n) is 7.26. The molecule has 0 atom stereocenters. The fourth-order valence-corrected chi connectivity index (χ4v) is 3.61. The monoisotopic (exact) mass is 365 g/mol. The van der Waals surface area contributed by atoms with Crippen LogP contribution in [0.4, 0.5) is 0 Å². The second-order valence-corrected chi connectivity index (χ2v) is 7.26. The molecule has 1 aliphatic carbocycles. The normalized spacial score (nSPS) is 15.2. The van der Waals surface area contributed by atoms with Crippen LogP contribution < -0.4 is 10.9 Å². The van der Waals surface area contributed by atoms with Crippen LogP contribution in [0, 0.1) is 6.92 Å². The van der Waals surface area contributed by atoms with Gasteiger partial charge in [-0.05, 0) is 31.9 Å². The van der Waals surface area contributed by atoms with E-state index in [1.807, 2.05) is 31.2 Å². The lowest BCUT2D eigenvalue weighted by Gasteiger charge is -2.22. The molecule has 4 rings (SSSR count). The Hall–Kier alpha value is -2.96. The summed E-state index contributed by atoms with van der Waals surface area (Å²) in [6.45, 7) is 1.99. The number of benzene rings is 1. The van der Waals surface area contributed by atoms with E-state index < -0.39 is 0 Å². The van der Waals surface area contributed by atoms with E-state index in [0.29, 0.717) is 11.0 Å². The largest absolute Gasteiger partial charge is 0.348 e. The number of carbonyl (C=O) groups excluding carboxylic acids is 1. The summed E-state index contributed by atoms with van der Waals surface area (Å²) < 4.78 is 2.93. The predicted molar refractivity (Wildman–Crippen MR) is 103 cm³/mol. The average Bonchev–Trinajstić information content (AvgIpc) is 3.06. The molecular formula is C20H23N5O2. The third kappa shape index (κ3) is 3.25. The topological polar surface area (TPSA) is 81.8 Å². The van der Waals surface area contributed by atoms with Gasteiger partial charge in [0.25, 0.3) is 11.5 Å². The fraction of sp³-hybridized carbons (Fsp3) is 0.400. The first-order chi connectivity index (χ1) is 13.0. The van der Waals surface area contributed by atoms with E-state index >= 15 is 0 Å². The summed E-state index contributed by atoms with van der Waals surface area (Å²) in [5.74, 6) is -0.265. The van der Waals surface area contributed by atoms with Crippen molar-refractivity contribution < 1.29 is 4.79 Å². The smallest absolute Gasteiger partial charge is 0.279 e. The zero-order valence-electron chi connectivity index (χ0n) is 15.6. The van der Waals surface area contributed by atoms with Crippen LogP contribution in [0.2, 0.25) is 0 Å². The number of amides is 1. The van der Waals surface area contributed by atoms with Crippen molar-refractivity contribution in [3.05, 3.63) is 52.2 Å². The first-order valence-electron chi connectivity index (χ1n) is 9.37. The van der Waals surface area contributed by atoms with Crippen molar-refractivity contribution in [2.24, 2.45) is 7.05 Å². The molecule has 3 aromatic rings. The molecule has 1 N–H and O–H groups in total. The number of aromatic nitrogens is 4. The van der Waals surface area contributed by atoms with Crippen molar-refractivity contribution >= 4 is 16.9 Å². The van der Waals surface area contributed by atoms with E-state index in [1.54, 1.807) is 7.05 Å². The molecular weight excluding hydrogens is 342 g/mol. The summed E-state index contributed by atoms with van der Waals surface area (Å²) in [6, 6.07) is 7.84. The lowest BCUT2D eigenvalue weighted by molar-refractivity contribution is 0.0923. The van der Waals surface area contributed by atoms with E-state index in [-0.39, 0.29) is 23.2 Å². The van der Waals surface area contributed by atoms with Gasteiger partial charge in [-0.2, -0.15) is 5.10 Å². The number of hydrogen-bond donors (Lipinski definition) is 1. The predicted octanol–water partition coefficient (Wildman–Crippen LogP) is 2.49. The first kappa shape index (κ1) is 17.5. The van der Waals surface area contributed by atoms with Crippen LogP contribution in [0.15, 0.2) is 35.4 Å². The Labute approximate surface area is 157 Å². The number of nitrogens with zero attached hydrogens (tertiary/aromatic N) is 4. The van der Waals surface area contributed by atoms with Crippen LogP contribution in [0.1, 0.15) is 48.2 Å². The van der Waals surface area contributed by atoms with Crippen LogP contribution in [0.5, 0.6) is 0 Å². The van der Waals surface area contributed by atoms with Gasteiger partial charge >= 0.3 is 0 Å². The molecule has 7 heteroatoms. The Kier molecular flexibility index (Phi) is 4.51. The molecule has 0 unspecified atom stereocenters. The minimum atomic E-state index is -0.265. The van der Waals surface area contributed by atoms with Crippen LogP contribution in [0.3, 0.4) is 0 Å². The first-order valence-corrected chi connectivity index (χ1v) is 9.37. The molecule has 1 aromatic carbocycles. The summed E-state index contributed by atoms with van der Waals surface area (Å²) >= 11 is 0. The highest BCUT2D eigenvalue weighted by Gasteiger charge is 2.24. The number of aryl methyl sites for hydroxylation is 2. The Morgan fingerprint density at radius 3 is 2.56 bits per heavy atom. The zero-order chi connectivity index (χ0) is 19.0. The van der Waals surface area contributed by atoms with E-state index in [0.717, 1.165) is 36.9 Å². The Bertz CT molecular complexity index is 1040. The van der Waals surface area contributed by atoms with Crippen molar-refractivity contribution in [2.75, 3.05) is 0 Å². The molecule has 140 valence electrons. The van der Waals surface area contributed by atoms with Crippen LogP contribution in [0.25, 0.3) is 16.7 Å². The van der Waals surface area contributed by atoms with Gasteiger partial charge in [-0.3, -0.25) is 9.59 Å². The van der Waals surface area contributed by atoms with Crippen molar-refractivity contribution in [3.8, 4) is 5.69 Å². The van der Waals surface area contributed by atoms with Crippen molar-refractivity contribution in [2.45, 2.75) is 45.1 Å². The molecule has 2 heterocycles. The summed E-state index contributed by atoms with van der Waals surface area (Å²) in [5, 5.41) is 7.56. The lowest BCUT2D eigenvalue weighted by Crippen LogP contribution is -2.36. The van der Waals surface area contributed by atoms with Gasteiger partial charge in [-0.1, -0.05) is 37.0 Å². The molecule has 7 nitrogen and oxygen atoms in total. The number of hydrogen-bond acceptors (Lipinski definition) is 4. The van der Waals surface area contributed by atoms with E-state index in [9.17, 15) is 9.59 Å². The zero-order valence-corrected chi connectivity index (χ0v) is 15.6. The van der Waals surface area contributed by atoms with E-state index in [1.165, 1.54) is 22.0 Å². The standard InChI is InChI=1S/C20H23N5O2/c1-13-8-10-15(11-9-13)25-18-16(21-12-24(2)20(18)27)17(23-25)19(26)22-14-6-4-3-5-7-14/h8-12,14H,3-7H2,1-2H3,(H,22,26). The molecule has 1 aliphatic rings. The maximum absolute atomic E-state index is 12.9. The molecule has 2 aromatic heterocycles. The Balaban J connectivity index is 1.81. The van der Waals surface area contributed by atoms with Crippen molar-refractivity contribution in [1.82, 2.24) is 24.6 Å². The van der Waals surface area contributed by atoms with E-state index in [2.05, 4.69) is 15.4 Å². The van der Waals surface area contributed by atoms with Gasteiger partial charge in [0.1, 0.15) is 5.52 Å². The van der Waals surface area contributed by atoms with Crippen LogP contribution >= 0.6 is 0 Å². The Morgan fingerprint density at radius 1 is 1.15 bits per heavy atom. The molecule has 1 amide bonds. The number of rotatable bonds is 3. The number of carbonyl (C=O) groups is 1. The molecule has 27 heavy (non-hydrogen) atoms. The molecule has 0 spiro atoms. The molecule has 0 bridgehead atoms. The van der Waals surface area contributed by atoms with Gasteiger partial charge in [0, 0.05) is 13.1 Å². The molecule has 0 radical (unpaired) electrons. The summed E-state index contributed by atoms with van der Waals surface area (Å²) in [4.78, 5) is 30.0. The summed E-state index contributed by atoms with van der Waals surface area (Å²) in [6.07, 6.45) is 6.87. The third-order valence-electron chi connectivity index (χ3n) is 5.18. The minimum absolute atomic E-state index is 0.164. The third-order valence-corrected chi connectivity index (χ3v) is 5.18. The van der Waals surface area contributed by atoms with Gasteiger partial charge < -0.3 is 9.88 Å². The van der Waals surface area contributed by atoms with Gasteiger partial charge in [-0.25, -0.2) is 9.67 Å². The molecule has 1 saturated carbocycles. The molecule has 0 aliphatic heterocycles. The van der Waals surface area contributed by atoms with Gasteiger partial charge in [0.15, 0.2) is 11.2 Å². The highest BCUT2D eigenvalue weighted by Crippen LogP contribution is 2.21. The van der Waals surface area contributed by atoms with Crippen LogP contribution in [-0.2, 0) is 7.05 Å². The maximum atomic E-state index is 12.9. The van der Waals surface area contributed by atoms with E-state index in [4.69, 9.17) is 0 Å². The SMILES string of the molecule is Cc1ccc(-n2nc(C(=O)NC3CCCCC3)c3ncn(C)c(=O)c32)cc1. The van der Waals surface area contributed by atoms with Gasteiger partial charge in [0.2, 0.25) is 0 Å². The number of fused-ring (bicyclic) bond motifs is 1. The van der Waals surface area contributed by atoms with Gasteiger partial charge in [-0.15, -0.1) is 0 Å². The van der Waals surface area contributed by atoms with Gasteiger partial charge in [0.05, 0.1) is 12.0 Å². The lowest BCUT2D eigenvalue weighted by atomic mass is 9.95. The fourth-order valence-electron chi connectivity index (χ4n) is 3.61. The second kappa shape index (κ2) is 6.98. The Morgan fingerprint density at radius 2 is 1.85 bits per heavy atom. The molecule has 1 fully saturated rings.